The Bertz CT molecular complexity index is 1440. The molecule has 148 valence electrons. The normalized spacial score (nSPS) is 13.7. The molecule has 1 aliphatic carbocycles. The van der Waals surface area contributed by atoms with Crippen LogP contribution in [0.1, 0.15) is 25.0 Å². The molecule has 0 saturated carbocycles. The number of hydrogen-bond donors (Lipinski definition) is 0. The molecule has 0 bridgehead atoms. The Morgan fingerprint density at radius 2 is 1.19 bits per heavy atom. The number of rotatable bonds is 2. The molecule has 0 aliphatic heterocycles. The summed E-state index contributed by atoms with van der Waals surface area (Å²) in [5.74, 6) is 0.733. The molecule has 0 saturated heterocycles. The topological polar surface area (TPSA) is 38.7 Å². The van der Waals surface area contributed by atoms with Gasteiger partial charge in [0, 0.05) is 33.7 Å². The molecule has 1 aliphatic rings. The van der Waals surface area contributed by atoms with Crippen LogP contribution in [-0.2, 0) is 5.41 Å². The van der Waals surface area contributed by atoms with E-state index in [1.54, 1.807) is 0 Å². The van der Waals surface area contributed by atoms with E-state index >= 15 is 0 Å². The second-order valence-corrected chi connectivity index (χ2v) is 8.55. The molecule has 31 heavy (non-hydrogen) atoms. The molecule has 3 nitrogen and oxygen atoms in total. The van der Waals surface area contributed by atoms with Crippen molar-refractivity contribution < 1.29 is 0 Å². The van der Waals surface area contributed by atoms with Crippen LogP contribution in [0.3, 0.4) is 0 Å². The van der Waals surface area contributed by atoms with Crippen LogP contribution >= 0.6 is 0 Å². The number of hydrogen-bond acceptors (Lipinski definition) is 3. The van der Waals surface area contributed by atoms with Gasteiger partial charge in [0.25, 0.3) is 0 Å². The van der Waals surface area contributed by atoms with E-state index in [4.69, 9.17) is 15.0 Å². The van der Waals surface area contributed by atoms with Crippen molar-refractivity contribution in [1.82, 2.24) is 15.0 Å². The van der Waals surface area contributed by atoms with Gasteiger partial charge in [0.15, 0.2) is 5.82 Å². The van der Waals surface area contributed by atoms with Gasteiger partial charge in [-0.3, -0.25) is 4.98 Å². The Morgan fingerprint density at radius 3 is 1.94 bits per heavy atom. The summed E-state index contributed by atoms with van der Waals surface area (Å²) >= 11 is 0. The van der Waals surface area contributed by atoms with Crippen LogP contribution in [-0.4, -0.2) is 15.0 Å². The summed E-state index contributed by atoms with van der Waals surface area (Å²) in [6, 6.07) is 29.1. The molecule has 5 aromatic rings. The molecule has 3 heteroatoms. The molecular weight excluding hydrogens is 378 g/mol. The van der Waals surface area contributed by atoms with Gasteiger partial charge in [0.05, 0.1) is 17.1 Å². The number of nitrogens with zero attached hydrogens (tertiary/aromatic N) is 3. The first-order valence-electron chi connectivity index (χ1n) is 10.6. The molecular formula is C28H21N3. The molecule has 0 spiro atoms. The maximum atomic E-state index is 5.10. The fourth-order valence-corrected chi connectivity index (χ4v) is 4.85. The first-order chi connectivity index (χ1) is 15.1. The number of fused-ring (bicyclic) bond motifs is 5. The minimum absolute atomic E-state index is 0.265. The molecule has 3 aromatic carbocycles. The lowest BCUT2D eigenvalue weighted by Crippen LogP contribution is -2.18. The standard InChI is InChI=1S/C28H21N3/c1-28(2)22-21-16-10-9-15-20(21)17-29-25(22)26-23(28)24(18-11-5-3-6-12-18)30-27(31-26)19-13-7-4-8-14-19/h3-17H,1-2H3. The van der Waals surface area contributed by atoms with Crippen molar-refractivity contribution in [2.24, 2.45) is 0 Å². The van der Waals surface area contributed by atoms with Gasteiger partial charge in [0.2, 0.25) is 0 Å². The minimum atomic E-state index is -0.265. The second kappa shape index (κ2) is 6.58. The van der Waals surface area contributed by atoms with Gasteiger partial charge in [-0.05, 0) is 10.9 Å². The molecule has 0 atom stereocenters. The van der Waals surface area contributed by atoms with Gasteiger partial charge in [-0.25, -0.2) is 9.97 Å². The summed E-state index contributed by atoms with van der Waals surface area (Å²) < 4.78 is 0. The van der Waals surface area contributed by atoms with E-state index < -0.39 is 0 Å². The predicted molar refractivity (Wildman–Crippen MR) is 126 cm³/mol. The van der Waals surface area contributed by atoms with Gasteiger partial charge < -0.3 is 0 Å². The van der Waals surface area contributed by atoms with E-state index in [9.17, 15) is 0 Å². The third kappa shape index (κ3) is 2.63. The Kier molecular flexibility index (Phi) is 3.81. The van der Waals surface area contributed by atoms with E-state index in [1.165, 1.54) is 10.9 Å². The highest BCUT2D eigenvalue weighted by Gasteiger charge is 2.42. The Hall–Kier alpha value is -3.85. The molecule has 0 amide bonds. The lowest BCUT2D eigenvalue weighted by Gasteiger charge is -2.24. The third-order valence-electron chi connectivity index (χ3n) is 6.26. The number of benzene rings is 3. The molecule has 2 aromatic heterocycles. The SMILES string of the molecule is CC1(C)c2c(-c3ccccc3)nc(-c3ccccc3)nc2-c2ncc3ccccc3c21. The maximum absolute atomic E-state index is 5.10. The van der Waals surface area contributed by atoms with Crippen LogP contribution in [0.2, 0.25) is 0 Å². The van der Waals surface area contributed by atoms with E-state index in [-0.39, 0.29) is 5.41 Å². The van der Waals surface area contributed by atoms with Gasteiger partial charge in [0.1, 0.15) is 0 Å². The lowest BCUT2D eigenvalue weighted by molar-refractivity contribution is 0.662. The van der Waals surface area contributed by atoms with Crippen molar-refractivity contribution in [3.63, 3.8) is 0 Å². The van der Waals surface area contributed by atoms with E-state index in [2.05, 4.69) is 74.5 Å². The predicted octanol–water partition coefficient (Wildman–Crippen LogP) is 6.67. The van der Waals surface area contributed by atoms with Crippen LogP contribution in [0.4, 0.5) is 0 Å². The fourth-order valence-electron chi connectivity index (χ4n) is 4.85. The van der Waals surface area contributed by atoms with Gasteiger partial charge >= 0.3 is 0 Å². The highest BCUT2D eigenvalue weighted by atomic mass is 14.9. The Balaban J connectivity index is 1.73. The minimum Gasteiger partial charge on any atom is -0.254 e. The zero-order valence-corrected chi connectivity index (χ0v) is 17.5. The second-order valence-electron chi connectivity index (χ2n) is 8.55. The largest absolute Gasteiger partial charge is 0.254 e. The van der Waals surface area contributed by atoms with Crippen LogP contribution in [0.15, 0.2) is 91.1 Å². The fraction of sp³-hybridized carbons (Fsp3) is 0.107. The third-order valence-corrected chi connectivity index (χ3v) is 6.26. The monoisotopic (exact) mass is 399 g/mol. The highest BCUT2D eigenvalue weighted by molar-refractivity contribution is 5.96. The van der Waals surface area contributed by atoms with E-state index in [0.717, 1.165) is 45.0 Å². The Labute approximate surface area is 181 Å². The average Bonchev–Trinajstić information content (AvgIpc) is 3.07. The van der Waals surface area contributed by atoms with E-state index in [0.29, 0.717) is 0 Å². The van der Waals surface area contributed by atoms with Crippen molar-refractivity contribution in [2.45, 2.75) is 19.3 Å². The van der Waals surface area contributed by atoms with E-state index in [1.807, 2.05) is 30.5 Å². The summed E-state index contributed by atoms with van der Waals surface area (Å²) in [6.07, 6.45) is 1.96. The van der Waals surface area contributed by atoms with Crippen LogP contribution < -0.4 is 0 Å². The smallest absolute Gasteiger partial charge is 0.160 e. The van der Waals surface area contributed by atoms with Crippen LogP contribution in [0.5, 0.6) is 0 Å². The number of pyridine rings is 1. The summed E-state index contributed by atoms with van der Waals surface area (Å²) in [6.45, 7) is 4.54. The molecule has 6 rings (SSSR count). The van der Waals surface area contributed by atoms with Crippen molar-refractivity contribution in [2.75, 3.05) is 0 Å². The zero-order chi connectivity index (χ0) is 21.0. The quantitative estimate of drug-likeness (QED) is 0.333. The summed E-state index contributed by atoms with van der Waals surface area (Å²) in [5, 5.41) is 2.38. The van der Waals surface area contributed by atoms with Crippen LogP contribution in [0.25, 0.3) is 44.8 Å². The number of aromatic nitrogens is 3. The molecule has 0 unspecified atom stereocenters. The zero-order valence-electron chi connectivity index (χ0n) is 17.5. The average molecular weight is 399 g/mol. The lowest BCUT2D eigenvalue weighted by atomic mass is 9.79. The summed E-state index contributed by atoms with van der Waals surface area (Å²) in [5.41, 5.74) is 7.12. The summed E-state index contributed by atoms with van der Waals surface area (Å²) in [7, 11) is 0. The molecule has 0 N–H and O–H groups in total. The van der Waals surface area contributed by atoms with Gasteiger partial charge in [-0.15, -0.1) is 0 Å². The van der Waals surface area contributed by atoms with Crippen molar-refractivity contribution in [1.29, 1.82) is 0 Å². The highest BCUT2D eigenvalue weighted by Crippen LogP contribution is 2.52. The van der Waals surface area contributed by atoms with Crippen molar-refractivity contribution in [3.8, 4) is 34.0 Å². The van der Waals surface area contributed by atoms with Crippen molar-refractivity contribution >= 4 is 10.8 Å². The molecule has 0 fully saturated rings. The molecule has 2 heterocycles. The van der Waals surface area contributed by atoms with Gasteiger partial charge in [-0.2, -0.15) is 0 Å². The van der Waals surface area contributed by atoms with Crippen molar-refractivity contribution in [3.05, 3.63) is 102 Å². The summed E-state index contributed by atoms with van der Waals surface area (Å²) in [4.78, 5) is 15.1. The Morgan fingerprint density at radius 1 is 0.581 bits per heavy atom. The first-order valence-corrected chi connectivity index (χ1v) is 10.6. The maximum Gasteiger partial charge on any atom is 0.160 e. The molecule has 0 radical (unpaired) electrons. The first kappa shape index (κ1) is 18.0. The van der Waals surface area contributed by atoms with Gasteiger partial charge in [-0.1, -0.05) is 98.8 Å². The van der Waals surface area contributed by atoms with Crippen LogP contribution in [0, 0.1) is 0 Å².